The highest BCUT2D eigenvalue weighted by Gasteiger charge is 2.20. The van der Waals surface area contributed by atoms with E-state index in [0.29, 0.717) is 22.3 Å². The number of nitrogens with two attached hydrogens (primary N) is 1. The fraction of sp³-hybridized carbons (Fsp3) is 0.0588. The van der Waals surface area contributed by atoms with Crippen LogP contribution in [0.5, 0.6) is 0 Å². The lowest BCUT2D eigenvalue weighted by Gasteiger charge is -2.10. The van der Waals surface area contributed by atoms with E-state index in [9.17, 15) is 5.21 Å². The van der Waals surface area contributed by atoms with E-state index < -0.39 is 0 Å². The standard InChI is InChI=1S/C17H13ClN6O2/c18-11-7-5-10(6-8-11)13(21-25)9-24-14-4-2-1-3-12(14)20-17(24)15-16(19)23-26-22-15/h1-8,25H,9H2,(H2,19,23). The number of rotatable bonds is 4. The molecule has 2 heterocycles. The van der Waals surface area contributed by atoms with Crippen molar-refractivity contribution in [1.29, 1.82) is 0 Å². The van der Waals surface area contributed by atoms with Crippen LogP contribution in [0.3, 0.4) is 0 Å². The normalized spacial score (nSPS) is 12.0. The molecule has 2 aromatic heterocycles. The summed E-state index contributed by atoms with van der Waals surface area (Å²) in [5.74, 6) is 0.607. The minimum Gasteiger partial charge on any atom is -0.411 e. The first-order valence-electron chi connectivity index (χ1n) is 7.68. The summed E-state index contributed by atoms with van der Waals surface area (Å²) >= 11 is 5.93. The van der Waals surface area contributed by atoms with E-state index in [-0.39, 0.29) is 12.4 Å². The monoisotopic (exact) mass is 368 g/mol. The first-order valence-corrected chi connectivity index (χ1v) is 8.05. The highest BCUT2D eigenvalue weighted by atomic mass is 35.5. The number of nitrogens with zero attached hydrogens (tertiary/aromatic N) is 5. The molecule has 130 valence electrons. The molecule has 0 aliphatic rings. The SMILES string of the molecule is Nc1nonc1-c1nc2ccccc2n1CC(=NO)c1ccc(Cl)cc1. The third-order valence-electron chi connectivity index (χ3n) is 3.99. The second-order valence-electron chi connectivity index (χ2n) is 5.56. The van der Waals surface area contributed by atoms with E-state index in [1.165, 1.54) is 0 Å². The topological polar surface area (TPSA) is 115 Å². The van der Waals surface area contributed by atoms with Gasteiger partial charge in [0, 0.05) is 10.6 Å². The molecule has 0 unspecified atom stereocenters. The van der Waals surface area contributed by atoms with Gasteiger partial charge in [0.25, 0.3) is 0 Å². The molecule has 0 amide bonds. The molecule has 4 rings (SSSR count). The van der Waals surface area contributed by atoms with Crippen LogP contribution >= 0.6 is 11.6 Å². The summed E-state index contributed by atoms with van der Waals surface area (Å²) in [5, 5.41) is 21.1. The summed E-state index contributed by atoms with van der Waals surface area (Å²) in [7, 11) is 0. The van der Waals surface area contributed by atoms with Crippen molar-refractivity contribution in [2.45, 2.75) is 6.54 Å². The Hall–Kier alpha value is -3.39. The zero-order valence-corrected chi connectivity index (χ0v) is 14.1. The van der Waals surface area contributed by atoms with Gasteiger partial charge in [-0.1, -0.05) is 41.0 Å². The van der Waals surface area contributed by atoms with Gasteiger partial charge in [-0.25, -0.2) is 9.61 Å². The summed E-state index contributed by atoms with van der Waals surface area (Å²) in [5.41, 5.74) is 8.91. The number of nitrogen functional groups attached to an aromatic ring is 1. The van der Waals surface area contributed by atoms with Crippen LogP contribution in [-0.2, 0) is 6.54 Å². The molecule has 0 aliphatic carbocycles. The van der Waals surface area contributed by atoms with Crippen LogP contribution in [0.15, 0.2) is 58.3 Å². The van der Waals surface area contributed by atoms with Gasteiger partial charge in [0.15, 0.2) is 17.3 Å². The average Bonchev–Trinajstić information content (AvgIpc) is 3.23. The zero-order chi connectivity index (χ0) is 18.1. The van der Waals surface area contributed by atoms with E-state index in [2.05, 4.69) is 20.5 Å². The predicted molar refractivity (Wildman–Crippen MR) is 97.2 cm³/mol. The van der Waals surface area contributed by atoms with Gasteiger partial charge in [0.1, 0.15) is 5.71 Å². The third-order valence-corrected chi connectivity index (χ3v) is 4.24. The largest absolute Gasteiger partial charge is 0.411 e. The van der Waals surface area contributed by atoms with E-state index in [1.54, 1.807) is 24.3 Å². The third kappa shape index (κ3) is 2.76. The molecule has 0 saturated heterocycles. The molecular formula is C17H13ClN6O2. The van der Waals surface area contributed by atoms with Crippen LogP contribution in [0.4, 0.5) is 5.82 Å². The number of oxime groups is 1. The Morgan fingerprint density at radius 1 is 1.15 bits per heavy atom. The Bertz CT molecular complexity index is 1100. The molecule has 8 nitrogen and oxygen atoms in total. The molecule has 0 saturated carbocycles. The molecule has 0 fully saturated rings. The molecule has 0 radical (unpaired) electrons. The second kappa shape index (κ2) is 6.49. The highest BCUT2D eigenvalue weighted by Crippen LogP contribution is 2.27. The lowest BCUT2D eigenvalue weighted by Crippen LogP contribution is -2.13. The van der Waals surface area contributed by atoms with Crippen LogP contribution in [0.25, 0.3) is 22.6 Å². The van der Waals surface area contributed by atoms with Crippen molar-refractivity contribution in [2.24, 2.45) is 5.16 Å². The van der Waals surface area contributed by atoms with E-state index in [0.717, 1.165) is 16.6 Å². The Morgan fingerprint density at radius 3 is 2.62 bits per heavy atom. The van der Waals surface area contributed by atoms with Crippen LogP contribution in [0, 0.1) is 0 Å². The summed E-state index contributed by atoms with van der Waals surface area (Å²) in [4.78, 5) is 4.57. The van der Waals surface area contributed by atoms with Gasteiger partial charge < -0.3 is 15.5 Å². The molecule has 0 aliphatic heterocycles. The van der Waals surface area contributed by atoms with Crippen LogP contribution in [0.2, 0.25) is 5.02 Å². The summed E-state index contributed by atoms with van der Waals surface area (Å²) in [6.07, 6.45) is 0. The summed E-state index contributed by atoms with van der Waals surface area (Å²) in [6.45, 7) is 0.236. The van der Waals surface area contributed by atoms with E-state index >= 15 is 0 Å². The van der Waals surface area contributed by atoms with Gasteiger partial charge >= 0.3 is 0 Å². The van der Waals surface area contributed by atoms with Crippen molar-refractivity contribution in [3.8, 4) is 11.5 Å². The maximum atomic E-state index is 9.55. The zero-order valence-electron chi connectivity index (χ0n) is 13.4. The second-order valence-corrected chi connectivity index (χ2v) is 6.00. The van der Waals surface area contributed by atoms with Crippen molar-refractivity contribution in [3.63, 3.8) is 0 Å². The number of hydrogen-bond donors (Lipinski definition) is 2. The number of anilines is 1. The minimum atomic E-state index is 0.135. The van der Waals surface area contributed by atoms with E-state index in [1.807, 2.05) is 28.8 Å². The lowest BCUT2D eigenvalue weighted by atomic mass is 10.1. The van der Waals surface area contributed by atoms with Gasteiger partial charge in [0.2, 0.25) is 0 Å². The maximum absolute atomic E-state index is 9.55. The molecule has 2 aromatic carbocycles. The first kappa shape index (κ1) is 16.1. The number of aromatic nitrogens is 4. The first-order chi connectivity index (χ1) is 12.7. The van der Waals surface area contributed by atoms with Crippen molar-refractivity contribution >= 4 is 34.2 Å². The van der Waals surface area contributed by atoms with Crippen molar-refractivity contribution in [3.05, 3.63) is 59.1 Å². The fourth-order valence-corrected chi connectivity index (χ4v) is 2.87. The van der Waals surface area contributed by atoms with E-state index in [4.69, 9.17) is 22.0 Å². The van der Waals surface area contributed by atoms with Gasteiger partial charge in [-0.3, -0.25) is 0 Å². The fourth-order valence-electron chi connectivity index (χ4n) is 2.74. The highest BCUT2D eigenvalue weighted by molar-refractivity contribution is 6.30. The lowest BCUT2D eigenvalue weighted by molar-refractivity contribution is 0.310. The number of benzene rings is 2. The molecule has 3 N–H and O–H groups in total. The average molecular weight is 369 g/mol. The van der Waals surface area contributed by atoms with Crippen molar-refractivity contribution in [1.82, 2.24) is 19.9 Å². The quantitative estimate of drug-likeness (QED) is 0.324. The maximum Gasteiger partial charge on any atom is 0.199 e. The number of halogens is 1. The van der Waals surface area contributed by atoms with Gasteiger partial charge in [-0.2, -0.15) is 0 Å². The van der Waals surface area contributed by atoms with Gasteiger partial charge in [-0.15, -0.1) is 0 Å². The van der Waals surface area contributed by atoms with Gasteiger partial charge in [0.05, 0.1) is 17.6 Å². The van der Waals surface area contributed by atoms with Crippen LogP contribution < -0.4 is 5.73 Å². The molecule has 0 atom stereocenters. The molecule has 4 aromatic rings. The molecule has 0 bridgehead atoms. The molecule has 26 heavy (non-hydrogen) atoms. The minimum absolute atomic E-state index is 0.135. The molecule has 9 heteroatoms. The Balaban J connectivity index is 1.85. The summed E-state index contributed by atoms with van der Waals surface area (Å²) in [6, 6.07) is 14.6. The van der Waals surface area contributed by atoms with Gasteiger partial charge in [-0.05, 0) is 34.6 Å². The Morgan fingerprint density at radius 2 is 1.92 bits per heavy atom. The molecule has 0 spiro atoms. The van der Waals surface area contributed by atoms with Crippen molar-refractivity contribution < 1.29 is 9.84 Å². The Labute approximate surface area is 152 Å². The number of hydrogen-bond acceptors (Lipinski definition) is 7. The van der Waals surface area contributed by atoms with Crippen LogP contribution in [-0.4, -0.2) is 30.8 Å². The Kier molecular flexibility index (Phi) is 4.02. The molecular weight excluding hydrogens is 356 g/mol. The smallest absolute Gasteiger partial charge is 0.199 e. The number of fused-ring (bicyclic) bond motifs is 1. The number of para-hydroxylation sites is 2. The number of imidazole rings is 1. The van der Waals surface area contributed by atoms with Crippen LogP contribution in [0.1, 0.15) is 5.56 Å². The summed E-state index contributed by atoms with van der Waals surface area (Å²) < 4.78 is 6.55. The van der Waals surface area contributed by atoms with Crippen molar-refractivity contribution in [2.75, 3.05) is 5.73 Å². The predicted octanol–water partition coefficient (Wildman–Crippen LogP) is 3.20.